The van der Waals surface area contributed by atoms with Crippen molar-refractivity contribution < 1.29 is 19.1 Å². The van der Waals surface area contributed by atoms with Crippen molar-refractivity contribution >= 4 is 45.5 Å². The number of ether oxygens (including phenoxy) is 1. The lowest BCUT2D eigenvalue weighted by molar-refractivity contribution is -0.146. The molecule has 0 aliphatic carbocycles. The van der Waals surface area contributed by atoms with Gasteiger partial charge in [-0.1, -0.05) is 6.07 Å². The van der Waals surface area contributed by atoms with Crippen LogP contribution in [0.1, 0.15) is 15.2 Å². The molecule has 0 spiro atoms. The predicted molar refractivity (Wildman–Crippen MR) is 85.3 cm³/mol. The van der Waals surface area contributed by atoms with Gasteiger partial charge < -0.3 is 15.4 Å². The molecule has 7 nitrogen and oxygen atoms in total. The van der Waals surface area contributed by atoms with Crippen LogP contribution in [0.4, 0.5) is 5.00 Å². The number of rotatable bonds is 6. The predicted octanol–water partition coefficient (Wildman–Crippen LogP) is 1.59. The zero-order valence-electron chi connectivity index (χ0n) is 11.7. The molecule has 0 saturated carbocycles. The zero-order valence-corrected chi connectivity index (χ0v) is 13.3. The SMILES string of the molecule is N#Cc1ccsc1NC(=O)COC(=O)CNC(=O)c1cccs1. The molecule has 0 aliphatic rings. The van der Waals surface area contributed by atoms with Gasteiger partial charge in [0.15, 0.2) is 6.61 Å². The van der Waals surface area contributed by atoms with Crippen molar-refractivity contribution in [1.82, 2.24) is 5.32 Å². The average Bonchev–Trinajstić information content (AvgIpc) is 3.21. The van der Waals surface area contributed by atoms with Crippen LogP contribution in [0.2, 0.25) is 0 Å². The van der Waals surface area contributed by atoms with Crippen molar-refractivity contribution in [3.63, 3.8) is 0 Å². The number of carbonyl (C=O) groups excluding carboxylic acids is 3. The molecule has 0 saturated heterocycles. The number of hydrogen-bond acceptors (Lipinski definition) is 7. The van der Waals surface area contributed by atoms with Gasteiger partial charge in [0.25, 0.3) is 11.8 Å². The smallest absolute Gasteiger partial charge is 0.325 e. The molecule has 2 N–H and O–H groups in total. The minimum Gasteiger partial charge on any atom is -0.454 e. The fraction of sp³-hybridized carbons (Fsp3) is 0.143. The normalized spacial score (nSPS) is 9.70. The number of nitrogens with zero attached hydrogens (tertiary/aromatic N) is 1. The van der Waals surface area contributed by atoms with Gasteiger partial charge in [-0.05, 0) is 22.9 Å². The van der Waals surface area contributed by atoms with Crippen LogP contribution in [0.5, 0.6) is 0 Å². The minimum absolute atomic E-state index is 0.327. The van der Waals surface area contributed by atoms with Crippen LogP contribution in [0.15, 0.2) is 29.0 Å². The van der Waals surface area contributed by atoms with E-state index < -0.39 is 18.5 Å². The van der Waals surface area contributed by atoms with E-state index in [1.165, 1.54) is 22.7 Å². The van der Waals surface area contributed by atoms with E-state index in [0.29, 0.717) is 15.4 Å². The molecule has 2 aromatic rings. The maximum absolute atomic E-state index is 11.6. The largest absolute Gasteiger partial charge is 0.454 e. The number of nitriles is 1. The highest BCUT2D eigenvalue weighted by Crippen LogP contribution is 2.21. The average molecular weight is 349 g/mol. The Labute approximate surface area is 139 Å². The highest BCUT2D eigenvalue weighted by Gasteiger charge is 2.12. The molecule has 2 rings (SSSR count). The first kappa shape index (κ1) is 16.7. The van der Waals surface area contributed by atoms with Gasteiger partial charge in [0.05, 0.1) is 10.4 Å². The second kappa shape index (κ2) is 8.07. The lowest BCUT2D eigenvalue weighted by Crippen LogP contribution is -2.31. The Bertz CT molecular complexity index is 746. The van der Waals surface area contributed by atoms with Crippen molar-refractivity contribution in [2.45, 2.75) is 0 Å². The monoisotopic (exact) mass is 349 g/mol. The summed E-state index contributed by atoms with van der Waals surface area (Å²) in [6.07, 6.45) is 0. The van der Waals surface area contributed by atoms with Crippen molar-refractivity contribution in [3.8, 4) is 6.07 Å². The van der Waals surface area contributed by atoms with Gasteiger partial charge in [0, 0.05) is 0 Å². The number of anilines is 1. The first-order chi connectivity index (χ1) is 11.1. The summed E-state index contributed by atoms with van der Waals surface area (Å²) in [5.41, 5.74) is 0.345. The van der Waals surface area contributed by atoms with Crippen LogP contribution in [-0.4, -0.2) is 30.9 Å². The van der Waals surface area contributed by atoms with Crippen molar-refractivity contribution in [2.24, 2.45) is 0 Å². The van der Waals surface area contributed by atoms with Crippen molar-refractivity contribution in [2.75, 3.05) is 18.5 Å². The molecule has 0 aliphatic heterocycles. The molecule has 9 heteroatoms. The van der Waals surface area contributed by atoms with Crippen LogP contribution in [0.3, 0.4) is 0 Å². The Kier molecular flexibility index (Phi) is 5.85. The molecule has 0 fully saturated rings. The summed E-state index contributed by atoms with van der Waals surface area (Å²) in [6, 6.07) is 6.87. The first-order valence-electron chi connectivity index (χ1n) is 6.35. The lowest BCUT2D eigenvalue weighted by Gasteiger charge is -2.06. The molecule has 0 aromatic carbocycles. The van der Waals surface area contributed by atoms with E-state index in [2.05, 4.69) is 10.6 Å². The van der Waals surface area contributed by atoms with Crippen LogP contribution < -0.4 is 10.6 Å². The molecule has 118 valence electrons. The van der Waals surface area contributed by atoms with Gasteiger partial charge in [-0.25, -0.2) is 0 Å². The highest BCUT2D eigenvalue weighted by molar-refractivity contribution is 7.14. The molecule has 23 heavy (non-hydrogen) atoms. The maximum Gasteiger partial charge on any atom is 0.325 e. The maximum atomic E-state index is 11.6. The third-order valence-corrected chi connectivity index (χ3v) is 4.24. The molecule has 2 aromatic heterocycles. The third kappa shape index (κ3) is 4.91. The molecule has 0 atom stereocenters. The van der Waals surface area contributed by atoms with E-state index in [9.17, 15) is 14.4 Å². The van der Waals surface area contributed by atoms with E-state index in [-0.39, 0.29) is 12.5 Å². The fourth-order valence-corrected chi connectivity index (χ4v) is 2.89. The van der Waals surface area contributed by atoms with Gasteiger partial charge in [-0.3, -0.25) is 14.4 Å². The molecular formula is C14H11N3O4S2. The number of thiophene rings is 2. The summed E-state index contributed by atoms with van der Waals surface area (Å²) in [5.74, 6) is -1.66. The van der Waals surface area contributed by atoms with E-state index in [1.54, 1.807) is 29.0 Å². The van der Waals surface area contributed by atoms with E-state index in [1.807, 2.05) is 6.07 Å². The van der Waals surface area contributed by atoms with Crippen LogP contribution in [0.25, 0.3) is 0 Å². The first-order valence-corrected chi connectivity index (χ1v) is 8.11. The van der Waals surface area contributed by atoms with Crippen LogP contribution >= 0.6 is 22.7 Å². The molecular weight excluding hydrogens is 338 g/mol. The van der Waals surface area contributed by atoms with Crippen molar-refractivity contribution in [1.29, 1.82) is 5.26 Å². The molecule has 0 bridgehead atoms. The second-order valence-corrected chi connectivity index (χ2v) is 6.01. The van der Waals surface area contributed by atoms with Gasteiger partial charge in [0.2, 0.25) is 0 Å². The Morgan fingerprint density at radius 1 is 1.22 bits per heavy atom. The number of hydrogen-bond donors (Lipinski definition) is 2. The van der Waals surface area contributed by atoms with Gasteiger partial charge >= 0.3 is 5.97 Å². The summed E-state index contributed by atoms with van der Waals surface area (Å²) >= 11 is 2.45. The summed E-state index contributed by atoms with van der Waals surface area (Å²) in [6.45, 7) is -0.817. The second-order valence-electron chi connectivity index (χ2n) is 4.14. The van der Waals surface area contributed by atoms with E-state index in [0.717, 1.165) is 0 Å². The molecule has 2 heterocycles. The zero-order chi connectivity index (χ0) is 16.7. The third-order valence-electron chi connectivity index (χ3n) is 2.54. The summed E-state index contributed by atoms with van der Waals surface area (Å²) < 4.78 is 4.75. The summed E-state index contributed by atoms with van der Waals surface area (Å²) in [5, 5.41) is 17.5. The van der Waals surface area contributed by atoms with Crippen LogP contribution in [0, 0.1) is 11.3 Å². The number of amides is 2. The lowest BCUT2D eigenvalue weighted by atomic mass is 10.3. The van der Waals surface area contributed by atoms with Crippen molar-refractivity contribution in [3.05, 3.63) is 39.4 Å². The Balaban J connectivity index is 1.71. The Morgan fingerprint density at radius 3 is 2.74 bits per heavy atom. The van der Waals surface area contributed by atoms with E-state index >= 15 is 0 Å². The Hall–Kier alpha value is -2.70. The van der Waals surface area contributed by atoms with Gasteiger partial charge in [-0.2, -0.15) is 5.26 Å². The number of carbonyl (C=O) groups is 3. The van der Waals surface area contributed by atoms with Gasteiger partial charge in [0.1, 0.15) is 17.6 Å². The minimum atomic E-state index is -0.725. The molecule has 0 radical (unpaired) electrons. The molecule has 0 unspecified atom stereocenters. The van der Waals surface area contributed by atoms with E-state index in [4.69, 9.17) is 10.00 Å². The van der Waals surface area contributed by atoms with Crippen LogP contribution in [-0.2, 0) is 14.3 Å². The number of nitrogens with one attached hydrogen (secondary N) is 2. The number of esters is 1. The fourth-order valence-electron chi connectivity index (χ4n) is 1.50. The molecule has 2 amide bonds. The Morgan fingerprint density at radius 2 is 2.04 bits per heavy atom. The van der Waals surface area contributed by atoms with Gasteiger partial charge in [-0.15, -0.1) is 22.7 Å². The highest BCUT2D eigenvalue weighted by atomic mass is 32.1. The topological polar surface area (TPSA) is 108 Å². The standard InChI is InChI=1S/C14H11N3O4S2/c15-6-9-3-5-23-14(9)17-11(18)8-21-12(19)7-16-13(20)10-2-1-4-22-10/h1-5H,7-8H2,(H,16,20)(H,17,18). The summed E-state index contributed by atoms with van der Waals surface area (Å²) in [7, 11) is 0. The quantitative estimate of drug-likeness (QED) is 0.770. The summed E-state index contributed by atoms with van der Waals surface area (Å²) in [4.78, 5) is 35.2.